The molecule has 1 aromatic rings. The van der Waals surface area contributed by atoms with Crippen molar-refractivity contribution >= 4 is 5.96 Å². The summed E-state index contributed by atoms with van der Waals surface area (Å²) >= 11 is 0. The predicted molar refractivity (Wildman–Crippen MR) is 67.4 cm³/mol. The summed E-state index contributed by atoms with van der Waals surface area (Å²) in [7, 11) is 0. The summed E-state index contributed by atoms with van der Waals surface area (Å²) in [6.45, 7) is -0.262. The molecule has 0 bridgehead atoms. The Morgan fingerprint density at radius 3 is 3.16 bits per heavy atom. The minimum atomic E-state index is -2.79. The van der Waals surface area contributed by atoms with E-state index in [1.807, 2.05) is 6.07 Å². The van der Waals surface area contributed by atoms with Crippen molar-refractivity contribution in [3.63, 3.8) is 0 Å². The zero-order chi connectivity index (χ0) is 13.2. The molecule has 1 N–H and O–H groups in total. The van der Waals surface area contributed by atoms with Crippen LogP contribution in [-0.4, -0.2) is 37.1 Å². The Labute approximate surface area is 110 Å². The van der Waals surface area contributed by atoms with E-state index < -0.39 is 6.61 Å². The predicted octanol–water partition coefficient (Wildman–Crippen LogP) is 1.99. The molecule has 0 amide bonds. The first kappa shape index (κ1) is 12.2. The highest BCUT2D eigenvalue weighted by Gasteiger charge is 2.30. The van der Waals surface area contributed by atoms with E-state index in [2.05, 4.69) is 19.9 Å². The molecule has 0 spiro atoms. The summed E-state index contributed by atoms with van der Waals surface area (Å²) < 4.78 is 29.0. The highest BCUT2D eigenvalue weighted by molar-refractivity contribution is 5.82. The largest absolute Gasteiger partial charge is 0.435 e. The van der Waals surface area contributed by atoms with Crippen LogP contribution in [-0.2, 0) is 0 Å². The van der Waals surface area contributed by atoms with Crippen LogP contribution < -0.4 is 10.1 Å². The number of nitrogens with one attached hydrogen (secondary N) is 1. The molecule has 2 aliphatic heterocycles. The lowest BCUT2D eigenvalue weighted by Gasteiger charge is -2.32. The molecule has 19 heavy (non-hydrogen) atoms. The van der Waals surface area contributed by atoms with Gasteiger partial charge in [-0.3, -0.25) is 4.99 Å². The quantitative estimate of drug-likeness (QED) is 0.910. The summed E-state index contributed by atoms with van der Waals surface area (Å²) in [6, 6.07) is 7.13. The van der Waals surface area contributed by atoms with E-state index >= 15 is 0 Å². The van der Waals surface area contributed by atoms with E-state index in [-0.39, 0.29) is 11.8 Å². The van der Waals surface area contributed by atoms with Crippen molar-refractivity contribution in [1.82, 2.24) is 10.2 Å². The topological polar surface area (TPSA) is 36.9 Å². The molecule has 102 valence electrons. The van der Waals surface area contributed by atoms with Crippen LogP contribution in [0.25, 0.3) is 0 Å². The summed E-state index contributed by atoms with van der Waals surface area (Å²) in [5, 5.41) is 3.23. The second-order valence-electron chi connectivity index (χ2n) is 4.58. The van der Waals surface area contributed by atoms with Crippen molar-refractivity contribution < 1.29 is 13.5 Å². The number of hydrogen-bond acceptors (Lipinski definition) is 4. The normalized spacial score (nSPS) is 21.9. The van der Waals surface area contributed by atoms with Crippen LogP contribution >= 0.6 is 0 Å². The van der Waals surface area contributed by atoms with Gasteiger partial charge in [0.2, 0.25) is 0 Å². The van der Waals surface area contributed by atoms with E-state index in [0.29, 0.717) is 0 Å². The van der Waals surface area contributed by atoms with Gasteiger partial charge in [-0.15, -0.1) is 0 Å². The van der Waals surface area contributed by atoms with Crippen molar-refractivity contribution in [2.24, 2.45) is 4.99 Å². The molecule has 6 heteroatoms. The van der Waals surface area contributed by atoms with Gasteiger partial charge in [0.25, 0.3) is 0 Å². The van der Waals surface area contributed by atoms with Crippen LogP contribution in [0.1, 0.15) is 18.0 Å². The fraction of sp³-hybridized carbons (Fsp3) is 0.462. The standard InChI is InChI=1S/C13H15F2N3O/c14-12(15)19-10-3-1-2-9(8-10)11-4-5-16-13-17-6-7-18(11)13/h1-3,8,11-12H,4-7H2,(H,16,17). The molecule has 0 aliphatic carbocycles. The van der Waals surface area contributed by atoms with Gasteiger partial charge in [0.05, 0.1) is 6.04 Å². The molecule has 2 heterocycles. The van der Waals surface area contributed by atoms with Crippen molar-refractivity contribution in [3.05, 3.63) is 29.8 Å². The van der Waals surface area contributed by atoms with Gasteiger partial charge in [0.1, 0.15) is 5.75 Å². The fourth-order valence-electron chi connectivity index (χ4n) is 2.64. The van der Waals surface area contributed by atoms with Crippen molar-refractivity contribution in [1.29, 1.82) is 0 Å². The number of rotatable bonds is 3. The van der Waals surface area contributed by atoms with Crippen molar-refractivity contribution in [2.75, 3.05) is 19.6 Å². The van der Waals surface area contributed by atoms with Gasteiger partial charge in [-0.05, 0) is 24.1 Å². The van der Waals surface area contributed by atoms with Gasteiger partial charge in [0, 0.05) is 19.6 Å². The number of halogens is 2. The van der Waals surface area contributed by atoms with E-state index in [0.717, 1.165) is 37.6 Å². The van der Waals surface area contributed by atoms with Gasteiger partial charge in [-0.2, -0.15) is 8.78 Å². The number of ether oxygens (including phenoxy) is 1. The molecule has 1 aromatic carbocycles. The zero-order valence-electron chi connectivity index (χ0n) is 10.4. The van der Waals surface area contributed by atoms with Gasteiger partial charge in [0.15, 0.2) is 5.96 Å². The highest BCUT2D eigenvalue weighted by atomic mass is 19.3. The van der Waals surface area contributed by atoms with Gasteiger partial charge in [-0.25, -0.2) is 0 Å². The van der Waals surface area contributed by atoms with E-state index in [9.17, 15) is 8.78 Å². The van der Waals surface area contributed by atoms with Crippen molar-refractivity contribution in [3.8, 4) is 5.75 Å². The smallest absolute Gasteiger partial charge is 0.387 e. The lowest BCUT2D eigenvalue weighted by molar-refractivity contribution is -0.0499. The molecule has 1 unspecified atom stereocenters. The minimum absolute atomic E-state index is 0.184. The number of alkyl halides is 2. The Morgan fingerprint density at radius 1 is 1.42 bits per heavy atom. The maximum absolute atomic E-state index is 12.2. The van der Waals surface area contributed by atoms with Crippen LogP contribution in [0, 0.1) is 0 Å². The summed E-state index contributed by atoms with van der Waals surface area (Å²) in [5.74, 6) is 1.13. The monoisotopic (exact) mass is 267 g/mol. The molecular weight excluding hydrogens is 252 g/mol. The molecule has 4 nitrogen and oxygen atoms in total. The Morgan fingerprint density at radius 2 is 2.32 bits per heavy atom. The minimum Gasteiger partial charge on any atom is -0.435 e. The molecular formula is C13H15F2N3O. The average molecular weight is 267 g/mol. The van der Waals surface area contributed by atoms with Crippen LogP contribution in [0.15, 0.2) is 29.3 Å². The van der Waals surface area contributed by atoms with Gasteiger partial charge in [-0.1, -0.05) is 12.1 Å². The zero-order valence-corrected chi connectivity index (χ0v) is 10.4. The molecule has 3 rings (SSSR count). The Bertz CT molecular complexity index is 493. The van der Waals surface area contributed by atoms with Crippen LogP contribution in [0.5, 0.6) is 5.75 Å². The molecule has 1 saturated heterocycles. The van der Waals surface area contributed by atoms with Crippen molar-refractivity contribution in [2.45, 2.75) is 19.1 Å². The Hall–Kier alpha value is -1.85. The number of hydrogen-bond donors (Lipinski definition) is 1. The van der Waals surface area contributed by atoms with Crippen LogP contribution in [0.3, 0.4) is 0 Å². The van der Waals surface area contributed by atoms with Gasteiger partial charge < -0.3 is 15.0 Å². The Kier molecular flexibility index (Phi) is 3.23. The number of guanidine groups is 1. The number of aliphatic imine (C=N–C) groups is 1. The first-order valence-electron chi connectivity index (χ1n) is 6.34. The van der Waals surface area contributed by atoms with E-state index in [4.69, 9.17) is 0 Å². The lowest BCUT2D eigenvalue weighted by atomic mass is 10.0. The number of benzene rings is 1. The SMILES string of the molecule is FC(F)Oc1cccc(C2CCN=C3NCCN32)c1. The van der Waals surface area contributed by atoms with Crippen LogP contribution in [0.4, 0.5) is 8.78 Å². The molecule has 1 fully saturated rings. The third-order valence-electron chi connectivity index (χ3n) is 3.42. The average Bonchev–Trinajstić information content (AvgIpc) is 2.86. The molecule has 1 atom stereocenters. The molecule has 0 aromatic heterocycles. The second kappa shape index (κ2) is 5.03. The lowest BCUT2D eigenvalue weighted by Crippen LogP contribution is -2.37. The maximum Gasteiger partial charge on any atom is 0.387 e. The highest BCUT2D eigenvalue weighted by Crippen LogP contribution is 2.31. The third kappa shape index (κ3) is 2.47. The maximum atomic E-state index is 12.2. The molecule has 0 radical (unpaired) electrons. The number of nitrogens with zero attached hydrogens (tertiary/aromatic N) is 2. The Balaban J connectivity index is 1.83. The summed E-state index contributed by atoms with van der Waals surface area (Å²) in [6.07, 6.45) is 0.892. The van der Waals surface area contributed by atoms with E-state index in [1.165, 1.54) is 0 Å². The fourth-order valence-corrected chi connectivity index (χ4v) is 2.64. The summed E-state index contributed by atoms with van der Waals surface area (Å²) in [5.41, 5.74) is 0.995. The first-order valence-corrected chi connectivity index (χ1v) is 6.34. The second-order valence-corrected chi connectivity index (χ2v) is 4.58. The van der Waals surface area contributed by atoms with E-state index in [1.54, 1.807) is 18.2 Å². The van der Waals surface area contributed by atoms with Crippen LogP contribution in [0.2, 0.25) is 0 Å². The third-order valence-corrected chi connectivity index (χ3v) is 3.42. The molecule has 0 saturated carbocycles. The number of fused-ring (bicyclic) bond motifs is 1. The van der Waals surface area contributed by atoms with Gasteiger partial charge >= 0.3 is 6.61 Å². The summed E-state index contributed by atoms with van der Waals surface area (Å²) in [4.78, 5) is 6.60. The molecule has 2 aliphatic rings. The first-order chi connectivity index (χ1) is 9.24.